The van der Waals surface area contributed by atoms with Gasteiger partial charge in [0.2, 0.25) is 17.7 Å². The van der Waals surface area contributed by atoms with Crippen LogP contribution in [-0.4, -0.2) is 54.5 Å². The standard InChI is InChI=1S/C41H48BN3O5.2H2O/c1-28(2)22-37(42)44-41(48)39(29(3)4)45-40(47)36(24-30-18-20-34(21-19-30)49-26-31-12-7-5-8-13-31)43-38(46)25-33-16-11-17-35(23-33)50-27-32-14-9-6-10-15-32;;/h5-21,23,28-29,36-37,39H,22,24-27H2,1-4H3,(H,43,46)(H,44,48)(H,45,47);2*1H2/t36-,37-,39-;;/m0../s1. The van der Waals surface area contributed by atoms with Crippen molar-refractivity contribution < 1.29 is 34.8 Å². The molecular weight excluding hydrogens is 657 g/mol. The molecule has 4 rings (SSSR count). The quantitative estimate of drug-likeness (QED) is 0.131. The van der Waals surface area contributed by atoms with Crippen molar-refractivity contribution in [3.8, 4) is 11.5 Å². The number of nitrogens with one attached hydrogen (secondary N) is 3. The zero-order chi connectivity index (χ0) is 35.9. The number of ether oxygens (including phenoxy) is 2. The van der Waals surface area contributed by atoms with Crippen LogP contribution in [0.15, 0.2) is 109 Å². The largest absolute Gasteiger partial charge is 0.489 e. The second kappa shape index (κ2) is 21.9. The van der Waals surface area contributed by atoms with Gasteiger partial charge in [0.15, 0.2) is 0 Å². The van der Waals surface area contributed by atoms with E-state index in [1.807, 2.05) is 137 Å². The lowest BCUT2D eigenvalue weighted by Crippen LogP contribution is -2.57. The third-order valence-corrected chi connectivity index (χ3v) is 8.07. The molecule has 0 saturated heterocycles. The Morgan fingerprint density at radius 3 is 1.73 bits per heavy atom. The number of hydrogen-bond donors (Lipinski definition) is 3. The Kier molecular flexibility index (Phi) is 18.2. The summed E-state index contributed by atoms with van der Waals surface area (Å²) in [4.78, 5) is 40.5. The average Bonchev–Trinajstić information content (AvgIpc) is 3.09. The van der Waals surface area contributed by atoms with Crippen LogP contribution >= 0.6 is 0 Å². The molecule has 0 aliphatic rings. The van der Waals surface area contributed by atoms with Crippen LogP contribution in [0.5, 0.6) is 11.5 Å². The van der Waals surface area contributed by atoms with Crippen LogP contribution in [0.25, 0.3) is 0 Å². The third kappa shape index (κ3) is 14.6. The smallest absolute Gasteiger partial charge is 0.243 e. The van der Waals surface area contributed by atoms with E-state index in [9.17, 15) is 14.4 Å². The van der Waals surface area contributed by atoms with E-state index in [4.69, 9.17) is 17.3 Å². The Morgan fingerprint density at radius 1 is 0.615 bits per heavy atom. The van der Waals surface area contributed by atoms with Gasteiger partial charge in [-0.05, 0) is 70.7 Å². The first-order chi connectivity index (χ1) is 24.0. The Bertz CT molecular complexity index is 1650. The van der Waals surface area contributed by atoms with Crippen LogP contribution in [0.4, 0.5) is 0 Å². The fraction of sp³-hybridized carbons (Fsp3) is 0.341. The number of carbonyl (C=O) groups is 3. The van der Waals surface area contributed by atoms with Crippen LogP contribution in [-0.2, 0) is 40.4 Å². The summed E-state index contributed by atoms with van der Waals surface area (Å²) in [7, 11) is 6.15. The molecule has 0 spiro atoms. The summed E-state index contributed by atoms with van der Waals surface area (Å²) in [5.74, 6) is -0.295. The monoisotopic (exact) mass is 709 g/mol. The van der Waals surface area contributed by atoms with Crippen molar-refractivity contribution in [2.75, 3.05) is 0 Å². The molecule has 3 amide bonds. The number of hydrogen-bond acceptors (Lipinski definition) is 5. The van der Waals surface area contributed by atoms with Crippen molar-refractivity contribution in [2.24, 2.45) is 11.8 Å². The highest BCUT2D eigenvalue weighted by molar-refractivity contribution is 6.13. The average molecular weight is 710 g/mol. The minimum Gasteiger partial charge on any atom is -0.489 e. The molecule has 4 aromatic carbocycles. The minimum absolute atomic E-state index is 0. The van der Waals surface area contributed by atoms with E-state index in [2.05, 4.69) is 16.0 Å². The van der Waals surface area contributed by atoms with E-state index in [1.165, 1.54) is 0 Å². The topological polar surface area (TPSA) is 169 Å². The lowest BCUT2D eigenvalue weighted by Gasteiger charge is -2.27. The van der Waals surface area contributed by atoms with Gasteiger partial charge in [-0.15, -0.1) is 0 Å². The van der Waals surface area contributed by atoms with Gasteiger partial charge in [-0.25, -0.2) is 0 Å². The normalized spacial score (nSPS) is 12.3. The van der Waals surface area contributed by atoms with Gasteiger partial charge < -0.3 is 36.4 Å². The van der Waals surface area contributed by atoms with Gasteiger partial charge in [-0.3, -0.25) is 14.4 Å². The molecule has 0 aliphatic carbocycles. The Balaban J connectivity index is 0.00000468. The molecule has 0 saturated carbocycles. The van der Waals surface area contributed by atoms with E-state index >= 15 is 0 Å². The fourth-order valence-corrected chi connectivity index (χ4v) is 5.45. The first-order valence-corrected chi connectivity index (χ1v) is 17.2. The number of rotatable bonds is 18. The van der Waals surface area contributed by atoms with E-state index in [0.717, 1.165) is 22.3 Å². The highest BCUT2D eigenvalue weighted by atomic mass is 16.5. The zero-order valence-corrected chi connectivity index (χ0v) is 30.4. The van der Waals surface area contributed by atoms with Gasteiger partial charge in [0.05, 0.1) is 14.3 Å². The number of amides is 3. The zero-order valence-electron chi connectivity index (χ0n) is 30.4. The molecule has 3 atom stereocenters. The molecule has 276 valence electrons. The summed E-state index contributed by atoms with van der Waals surface area (Å²) in [6, 6.07) is 32.7. The summed E-state index contributed by atoms with van der Waals surface area (Å²) in [5.41, 5.74) is 3.65. The molecule has 0 aromatic heterocycles. The van der Waals surface area contributed by atoms with E-state index in [1.54, 1.807) is 0 Å². The van der Waals surface area contributed by atoms with Crippen molar-refractivity contribution in [1.29, 1.82) is 0 Å². The highest BCUT2D eigenvalue weighted by Crippen LogP contribution is 2.18. The van der Waals surface area contributed by atoms with Gasteiger partial charge >= 0.3 is 0 Å². The van der Waals surface area contributed by atoms with Gasteiger partial charge in [0.1, 0.15) is 36.8 Å². The molecular formula is C41H52BN3O7. The maximum absolute atomic E-state index is 13.8. The lowest BCUT2D eigenvalue weighted by molar-refractivity contribution is -0.132. The van der Waals surface area contributed by atoms with Crippen LogP contribution in [0, 0.1) is 11.8 Å². The van der Waals surface area contributed by atoms with Crippen LogP contribution in [0.3, 0.4) is 0 Å². The summed E-state index contributed by atoms with van der Waals surface area (Å²) in [6.07, 6.45) is 0.847. The van der Waals surface area contributed by atoms with Gasteiger partial charge in [0, 0.05) is 6.42 Å². The van der Waals surface area contributed by atoms with Crippen LogP contribution in [0.1, 0.15) is 56.4 Å². The second-order valence-corrected chi connectivity index (χ2v) is 13.3. The summed E-state index contributed by atoms with van der Waals surface area (Å²) in [5, 5.41) is 8.64. The van der Waals surface area contributed by atoms with E-state index in [-0.39, 0.29) is 41.5 Å². The lowest BCUT2D eigenvalue weighted by atomic mass is 9.87. The predicted molar refractivity (Wildman–Crippen MR) is 205 cm³/mol. The minimum atomic E-state index is -0.950. The van der Waals surface area contributed by atoms with Crippen molar-refractivity contribution in [3.05, 3.63) is 131 Å². The molecule has 0 bridgehead atoms. The molecule has 4 aromatic rings. The Labute approximate surface area is 308 Å². The molecule has 7 N–H and O–H groups in total. The summed E-state index contributed by atoms with van der Waals surface area (Å²) >= 11 is 0. The predicted octanol–water partition coefficient (Wildman–Crippen LogP) is 4.26. The first kappa shape index (κ1) is 43.0. The number of benzene rings is 4. The molecule has 52 heavy (non-hydrogen) atoms. The van der Waals surface area contributed by atoms with Gasteiger partial charge in [0.25, 0.3) is 0 Å². The molecule has 11 heteroatoms. The third-order valence-electron chi connectivity index (χ3n) is 8.07. The van der Waals surface area contributed by atoms with Gasteiger partial charge in [-0.2, -0.15) is 0 Å². The first-order valence-electron chi connectivity index (χ1n) is 17.2. The van der Waals surface area contributed by atoms with Gasteiger partial charge in [-0.1, -0.05) is 113 Å². The molecule has 0 fully saturated rings. The number of carbonyl (C=O) groups excluding carboxylic acids is 3. The molecule has 0 heterocycles. The maximum atomic E-state index is 13.8. The van der Waals surface area contributed by atoms with Crippen LogP contribution < -0.4 is 25.4 Å². The maximum Gasteiger partial charge on any atom is 0.243 e. The summed E-state index contributed by atoms with van der Waals surface area (Å²) < 4.78 is 11.9. The summed E-state index contributed by atoms with van der Waals surface area (Å²) in [6.45, 7) is 8.59. The highest BCUT2D eigenvalue weighted by Gasteiger charge is 2.29. The van der Waals surface area contributed by atoms with Crippen molar-refractivity contribution in [2.45, 2.75) is 78.2 Å². The van der Waals surface area contributed by atoms with Crippen molar-refractivity contribution in [3.63, 3.8) is 0 Å². The molecule has 2 radical (unpaired) electrons. The van der Waals surface area contributed by atoms with Crippen molar-refractivity contribution in [1.82, 2.24) is 16.0 Å². The van der Waals surface area contributed by atoms with Crippen LogP contribution in [0.2, 0.25) is 0 Å². The molecule has 10 nitrogen and oxygen atoms in total. The van der Waals surface area contributed by atoms with E-state index in [0.29, 0.717) is 37.1 Å². The molecule has 0 unspecified atom stereocenters. The second-order valence-electron chi connectivity index (χ2n) is 13.3. The van der Waals surface area contributed by atoms with E-state index < -0.39 is 23.9 Å². The van der Waals surface area contributed by atoms with Crippen molar-refractivity contribution >= 4 is 25.6 Å². The Hall–Kier alpha value is -5.13. The Morgan fingerprint density at radius 2 is 1.17 bits per heavy atom. The fourth-order valence-electron chi connectivity index (χ4n) is 5.45. The SMILES string of the molecule is O.O.[B][C@H](CC(C)C)NC(=O)[C@@H](NC(=O)[C@H](Cc1ccc(OCc2ccccc2)cc1)NC(=O)Cc1cccc(OCc2ccccc2)c1)C(C)C. The molecule has 0 aliphatic heterocycles.